The van der Waals surface area contributed by atoms with E-state index in [4.69, 9.17) is 5.11 Å². The fraction of sp³-hybridized carbons (Fsp3) is 0.182. The zero-order valence-corrected chi connectivity index (χ0v) is 18.7. The number of hydrogen-bond acceptors (Lipinski definition) is 2. The second-order valence-corrected chi connectivity index (χ2v) is 9.04. The first-order valence-corrected chi connectivity index (χ1v) is 10.7. The Morgan fingerprint density at radius 3 is 1.11 bits per heavy atom. The van der Waals surface area contributed by atoms with Crippen molar-refractivity contribution in [2.24, 2.45) is 0 Å². The molecular weight excluding hydrogens is 404 g/mol. The van der Waals surface area contributed by atoms with Crippen molar-refractivity contribution in [1.29, 1.82) is 0 Å². The van der Waals surface area contributed by atoms with Crippen LogP contribution in [0.25, 0.3) is 0 Å². The molecule has 0 saturated carbocycles. The van der Waals surface area contributed by atoms with Gasteiger partial charge in [0.05, 0.1) is 0 Å². The monoisotopic (exact) mass is 434 g/mol. The maximum absolute atomic E-state index is 11.6. The van der Waals surface area contributed by atoms with Crippen LogP contribution in [0.15, 0.2) is 91.0 Å². The summed E-state index contributed by atoms with van der Waals surface area (Å²) in [6.45, 7) is 2.40. The van der Waals surface area contributed by atoms with Crippen molar-refractivity contribution in [3.63, 3.8) is 0 Å². The molecule has 6 heteroatoms. The molecule has 0 atom stereocenters. The van der Waals surface area contributed by atoms with E-state index in [2.05, 4.69) is 6.92 Å². The van der Waals surface area contributed by atoms with Crippen LogP contribution in [0.5, 0.6) is 0 Å². The van der Waals surface area contributed by atoms with E-state index in [-0.39, 0.29) is 32.7 Å². The van der Waals surface area contributed by atoms with E-state index in [0.717, 1.165) is 28.4 Å². The van der Waals surface area contributed by atoms with E-state index < -0.39 is 8.32 Å². The van der Waals surface area contributed by atoms with Gasteiger partial charge in [0.15, 0.2) is 0 Å². The van der Waals surface area contributed by atoms with Crippen LogP contribution >= 0.6 is 0 Å². The van der Waals surface area contributed by atoms with Crippen molar-refractivity contribution >= 4 is 23.9 Å². The molecule has 28 heavy (non-hydrogen) atoms. The average Bonchev–Trinajstić information content (AvgIpc) is 2.70. The topological polar surface area (TPSA) is 103 Å². The summed E-state index contributed by atoms with van der Waals surface area (Å²) in [4.78, 5) is 11.6. The molecule has 3 aromatic rings. The minimum Gasteiger partial charge on any atom is -0.421 e. The van der Waals surface area contributed by atoms with Crippen molar-refractivity contribution in [1.82, 2.24) is 0 Å². The second kappa shape index (κ2) is 15.4. The molecule has 3 aromatic carbocycles. The summed E-state index contributed by atoms with van der Waals surface area (Å²) in [5.74, 6) is 0. The van der Waals surface area contributed by atoms with Gasteiger partial charge in [-0.25, -0.2) is 0 Å². The van der Waals surface area contributed by atoms with Crippen molar-refractivity contribution in [3.05, 3.63) is 91.0 Å². The van der Waals surface area contributed by atoms with Gasteiger partial charge in [0, 0.05) is 28.3 Å². The summed E-state index contributed by atoms with van der Waals surface area (Å²) in [6.07, 6.45) is 2.04. The summed E-state index contributed by atoms with van der Waals surface area (Å²) >= 11 is 0. The third-order valence-electron chi connectivity index (χ3n) is 4.09. The van der Waals surface area contributed by atoms with Crippen LogP contribution in [0.1, 0.15) is 19.8 Å². The zero-order valence-electron chi connectivity index (χ0n) is 16.2. The second-order valence-electron chi connectivity index (χ2n) is 5.89. The molecule has 6 N–H and O–H groups in total. The van der Waals surface area contributed by atoms with E-state index in [1.165, 1.54) is 0 Å². The first kappa shape index (κ1) is 28.6. The molecule has 3 rings (SSSR count). The third kappa shape index (κ3) is 7.45. The number of hydrogen-bond donors (Lipinski definition) is 2. The maximum atomic E-state index is 11.6. The molecule has 0 amide bonds. The molecule has 0 heterocycles. The number of benzene rings is 3. The van der Waals surface area contributed by atoms with Crippen LogP contribution in [-0.4, -0.2) is 35.8 Å². The summed E-state index contributed by atoms with van der Waals surface area (Å²) in [5.41, 5.74) is 0. The van der Waals surface area contributed by atoms with Crippen LogP contribution in [-0.2, 0) is 21.7 Å². The van der Waals surface area contributed by atoms with Crippen LogP contribution in [0.3, 0.4) is 0 Å². The van der Waals surface area contributed by atoms with Gasteiger partial charge in [0.2, 0.25) is 0 Å². The molecule has 0 saturated heterocycles. The molecule has 0 unspecified atom stereocenters. The van der Waals surface area contributed by atoms with Gasteiger partial charge in [-0.3, -0.25) is 0 Å². The Bertz CT molecular complexity index is 629. The molecule has 0 aromatic heterocycles. The normalized spacial score (nSPS) is 9.54. The van der Waals surface area contributed by atoms with Crippen molar-refractivity contribution in [2.45, 2.75) is 19.8 Å². The standard InChI is InChI=1S/C18H16OSi.C4H10O.2H2O.Ti/c19-20(16-10-4-1-5-11-16,17-12-6-2-7-13-17)18-14-8-3-9-15-18;1-2-3-4-5;;;/h1-15,19H;5H,2-4H2,1H3;2*1H2;. The average molecular weight is 434 g/mol. The molecule has 0 fully saturated rings. The Morgan fingerprint density at radius 1 is 0.643 bits per heavy atom. The number of unbranched alkanes of at least 4 members (excludes halogenated alkanes) is 1. The van der Waals surface area contributed by atoms with Crippen molar-refractivity contribution in [2.75, 3.05) is 6.61 Å². The van der Waals surface area contributed by atoms with E-state index in [9.17, 15) is 4.80 Å². The number of aliphatic hydroxyl groups is 1. The Kier molecular flexibility index (Phi) is 15.7. The zero-order chi connectivity index (χ0) is 18.0. The quantitative estimate of drug-likeness (QED) is 0.458. The summed E-state index contributed by atoms with van der Waals surface area (Å²) < 4.78 is 0. The van der Waals surface area contributed by atoms with Gasteiger partial charge in [-0.15, -0.1) is 0 Å². The van der Waals surface area contributed by atoms with Crippen LogP contribution in [0, 0.1) is 0 Å². The first-order chi connectivity index (χ1) is 12.2. The predicted molar refractivity (Wildman–Crippen MR) is 115 cm³/mol. The molecule has 0 aliphatic rings. The van der Waals surface area contributed by atoms with Crippen molar-refractivity contribution in [3.8, 4) is 0 Å². The minimum atomic E-state index is -2.88. The largest absolute Gasteiger partial charge is 0.421 e. The number of aliphatic hydroxyl groups excluding tert-OH is 1. The molecular formula is C22H30O4SiTi. The fourth-order valence-electron chi connectivity index (χ4n) is 2.70. The molecule has 0 aliphatic carbocycles. The van der Waals surface area contributed by atoms with E-state index in [0.29, 0.717) is 6.61 Å². The minimum absolute atomic E-state index is 0. The van der Waals surface area contributed by atoms with Crippen LogP contribution in [0.4, 0.5) is 0 Å². The van der Waals surface area contributed by atoms with Gasteiger partial charge >= 0.3 is 0 Å². The van der Waals surface area contributed by atoms with E-state index in [1.807, 2.05) is 91.0 Å². The summed E-state index contributed by atoms with van der Waals surface area (Å²) in [5, 5.41) is 11.1. The molecule has 0 spiro atoms. The van der Waals surface area contributed by atoms with Gasteiger partial charge in [0.25, 0.3) is 8.32 Å². The van der Waals surface area contributed by atoms with Gasteiger partial charge in [-0.2, -0.15) is 0 Å². The molecule has 4 nitrogen and oxygen atoms in total. The predicted octanol–water partition coefficient (Wildman–Crippen LogP) is 0.773. The van der Waals surface area contributed by atoms with Gasteiger partial charge in [-0.05, 0) is 22.0 Å². The Labute approximate surface area is 183 Å². The first-order valence-electron chi connectivity index (χ1n) is 8.73. The summed E-state index contributed by atoms with van der Waals surface area (Å²) in [6, 6.07) is 30.0. The maximum Gasteiger partial charge on any atom is 0.285 e. The van der Waals surface area contributed by atoms with Gasteiger partial charge in [-0.1, -0.05) is 104 Å². The third-order valence-corrected chi connectivity index (χ3v) is 7.59. The molecule has 150 valence electrons. The van der Waals surface area contributed by atoms with Crippen molar-refractivity contribution < 1.29 is 42.6 Å². The molecule has 0 bridgehead atoms. The van der Waals surface area contributed by atoms with E-state index in [1.54, 1.807) is 0 Å². The van der Waals surface area contributed by atoms with Crippen LogP contribution < -0.4 is 15.6 Å². The van der Waals surface area contributed by atoms with Gasteiger partial charge < -0.3 is 20.9 Å². The molecule has 0 aliphatic heterocycles. The fourth-order valence-corrected chi connectivity index (χ4v) is 5.72. The molecule has 0 radical (unpaired) electrons. The van der Waals surface area contributed by atoms with Gasteiger partial charge in [0.1, 0.15) is 0 Å². The van der Waals surface area contributed by atoms with Crippen LogP contribution in [0.2, 0.25) is 0 Å². The number of rotatable bonds is 5. The Balaban J connectivity index is 0. The smallest absolute Gasteiger partial charge is 0.285 e. The van der Waals surface area contributed by atoms with E-state index >= 15 is 0 Å². The SMILES string of the molecule is CCCCO.O.O.O[Si](c1ccccc1)(c1ccccc1)c1ccccc1.[Ti]. The Morgan fingerprint density at radius 2 is 0.929 bits per heavy atom. The Hall–Kier alpha value is -1.57. The summed E-state index contributed by atoms with van der Waals surface area (Å²) in [7, 11) is -2.88.